The zero-order valence-corrected chi connectivity index (χ0v) is 11.7. The van der Waals surface area contributed by atoms with Crippen molar-refractivity contribution in [2.45, 2.75) is 38.1 Å². The normalized spacial score (nSPS) is 18.8. The van der Waals surface area contributed by atoms with Gasteiger partial charge in [-0.2, -0.15) is 0 Å². The Bertz CT molecular complexity index is 438. The number of benzene rings is 1. The molecule has 1 unspecified atom stereocenters. The van der Waals surface area contributed by atoms with Crippen molar-refractivity contribution >= 4 is 17.5 Å². The van der Waals surface area contributed by atoms with E-state index in [1.807, 2.05) is 4.90 Å². The van der Waals surface area contributed by atoms with E-state index in [1.165, 1.54) is 6.07 Å². The molecule has 1 atom stereocenters. The van der Waals surface area contributed by atoms with Gasteiger partial charge in [-0.3, -0.25) is 4.79 Å². The monoisotopic (exact) mass is 283 g/mol. The van der Waals surface area contributed by atoms with Gasteiger partial charge in [0, 0.05) is 18.5 Å². The molecule has 1 heterocycles. The first-order chi connectivity index (χ1) is 9.22. The molecule has 1 saturated heterocycles. The molecule has 0 spiro atoms. The molecule has 1 aromatic carbocycles. The molecule has 1 amide bonds. The fourth-order valence-corrected chi connectivity index (χ4v) is 2.84. The number of alkyl halides is 1. The molecule has 0 bridgehead atoms. The molecular weight excluding hydrogens is 265 g/mol. The molecule has 1 aromatic rings. The molecule has 0 aliphatic carbocycles. The number of hydrogen-bond donors (Lipinski definition) is 0. The zero-order chi connectivity index (χ0) is 13.7. The highest BCUT2D eigenvalue weighted by Crippen LogP contribution is 2.23. The standard InChI is InChI=1S/C15H19ClFNO/c16-9-3-6-13-7-4-10-18(13)15(19)11-12-5-1-2-8-14(12)17/h1-2,5,8,13H,3-4,6-7,9-11H2. The van der Waals surface area contributed by atoms with Crippen LogP contribution in [0.3, 0.4) is 0 Å². The van der Waals surface area contributed by atoms with E-state index in [-0.39, 0.29) is 24.2 Å². The molecule has 104 valence electrons. The van der Waals surface area contributed by atoms with Gasteiger partial charge >= 0.3 is 0 Å². The van der Waals surface area contributed by atoms with Crippen molar-refractivity contribution in [2.24, 2.45) is 0 Å². The minimum absolute atomic E-state index is 0.0298. The first-order valence-corrected chi connectivity index (χ1v) is 7.34. The molecule has 0 saturated carbocycles. The van der Waals surface area contributed by atoms with Gasteiger partial charge in [0.2, 0.25) is 5.91 Å². The van der Waals surface area contributed by atoms with Crippen LogP contribution in [-0.2, 0) is 11.2 Å². The summed E-state index contributed by atoms with van der Waals surface area (Å²) in [5.74, 6) is 0.362. The summed E-state index contributed by atoms with van der Waals surface area (Å²) in [5, 5.41) is 0. The van der Waals surface area contributed by atoms with Crippen LogP contribution in [0.15, 0.2) is 24.3 Å². The molecule has 2 rings (SSSR count). The number of amides is 1. The predicted octanol–water partition coefficient (Wildman–Crippen LogP) is 3.38. The Morgan fingerprint density at radius 2 is 2.21 bits per heavy atom. The number of halogens is 2. The van der Waals surface area contributed by atoms with E-state index in [0.717, 1.165) is 32.2 Å². The number of nitrogens with zero attached hydrogens (tertiary/aromatic N) is 1. The minimum Gasteiger partial charge on any atom is -0.339 e. The van der Waals surface area contributed by atoms with Crippen molar-refractivity contribution in [3.63, 3.8) is 0 Å². The molecule has 0 aromatic heterocycles. The lowest BCUT2D eigenvalue weighted by atomic mass is 10.1. The van der Waals surface area contributed by atoms with Crippen LogP contribution in [0.2, 0.25) is 0 Å². The molecular formula is C15H19ClFNO. The highest BCUT2D eigenvalue weighted by Gasteiger charge is 2.28. The summed E-state index contributed by atoms with van der Waals surface area (Å²) >= 11 is 5.70. The van der Waals surface area contributed by atoms with Gasteiger partial charge in [-0.05, 0) is 37.3 Å². The van der Waals surface area contributed by atoms with Crippen molar-refractivity contribution in [1.29, 1.82) is 0 Å². The number of rotatable bonds is 5. The molecule has 2 nitrogen and oxygen atoms in total. The maximum absolute atomic E-state index is 13.5. The maximum atomic E-state index is 13.5. The molecule has 1 aliphatic heterocycles. The molecule has 0 radical (unpaired) electrons. The third-order valence-corrected chi connectivity index (χ3v) is 3.94. The van der Waals surface area contributed by atoms with Gasteiger partial charge < -0.3 is 4.90 Å². The van der Waals surface area contributed by atoms with Crippen molar-refractivity contribution in [1.82, 2.24) is 4.90 Å². The Kier molecular flexibility index (Phi) is 5.20. The second-order valence-electron chi connectivity index (χ2n) is 4.98. The minimum atomic E-state index is -0.299. The Labute approximate surface area is 118 Å². The summed E-state index contributed by atoms with van der Waals surface area (Å²) in [7, 11) is 0. The van der Waals surface area contributed by atoms with Crippen LogP contribution in [0, 0.1) is 5.82 Å². The Morgan fingerprint density at radius 1 is 1.42 bits per heavy atom. The molecule has 1 aliphatic rings. The van der Waals surface area contributed by atoms with E-state index >= 15 is 0 Å². The van der Waals surface area contributed by atoms with Crippen LogP contribution in [0.5, 0.6) is 0 Å². The van der Waals surface area contributed by atoms with Gasteiger partial charge in [-0.15, -0.1) is 11.6 Å². The van der Waals surface area contributed by atoms with Gasteiger partial charge in [0.15, 0.2) is 0 Å². The number of carbonyl (C=O) groups excluding carboxylic acids is 1. The van der Waals surface area contributed by atoms with Crippen LogP contribution in [0.1, 0.15) is 31.2 Å². The highest BCUT2D eigenvalue weighted by molar-refractivity contribution is 6.17. The van der Waals surface area contributed by atoms with E-state index in [2.05, 4.69) is 0 Å². The second-order valence-corrected chi connectivity index (χ2v) is 5.36. The van der Waals surface area contributed by atoms with E-state index in [1.54, 1.807) is 18.2 Å². The summed E-state index contributed by atoms with van der Waals surface area (Å²) in [6.45, 7) is 0.792. The van der Waals surface area contributed by atoms with E-state index in [4.69, 9.17) is 11.6 Å². The molecule has 4 heteroatoms. The molecule has 19 heavy (non-hydrogen) atoms. The Balaban J connectivity index is 1.97. The smallest absolute Gasteiger partial charge is 0.227 e. The lowest BCUT2D eigenvalue weighted by Gasteiger charge is -2.24. The van der Waals surface area contributed by atoms with Crippen LogP contribution < -0.4 is 0 Å². The fourth-order valence-electron chi connectivity index (χ4n) is 2.68. The van der Waals surface area contributed by atoms with Crippen LogP contribution in [-0.4, -0.2) is 29.3 Å². The number of carbonyl (C=O) groups is 1. The number of likely N-dealkylation sites (tertiary alicyclic amines) is 1. The van der Waals surface area contributed by atoms with Crippen molar-refractivity contribution in [3.8, 4) is 0 Å². The van der Waals surface area contributed by atoms with Crippen LogP contribution in [0.25, 0.3) is 0 Å². The third-order valence-electron chi connectivity index (χ3n) is 3.67. The summed E-state index contributed by atoms with van der Waals surface area (Å²) < 4.78 is 13.5. The predicted molar refractivity (Wildman–Crippen MR) is 74.8 cm³/mol. The largest absolute Gasteiger partial charge is 0.339 e. The van der Waals surface area contributed by atoms with Gasteiger partial charge in [-0.1, -0.05) is 18.2 Å². The van der Waals surface area contributed by atoms with Crippen LogP contribution >= 0.6 is 11.6 Å². The quantitative estimate of drug-likeness (QED) is 0.759. The van der Waals surface area contributed by atoms with E-state index in [9.17, 15) is 9.18 Å². The average Bonchev–Trinajstić information content (AvgIpc) is 2.87. The first kappa shape index (κ1) is 14.3. The SMILES string of the molecule is O=C(Cc1ccccc1F)N1CCCC1CCCCl. The maximum Gasteiger partial charge on any atom is 0.227 e. The topological polar surface area (TPSA) is 20.3 Å². The van der Waals surface area contributed by atoms with Crippen molar-refractivity contribution in [2.75, 3.05) is 12.4 Å². The zero-order valence-electron chi connectivity index (χ0n) is 10.9. The number of hydrogen-bond acceptors (Lipinski definition) is 1. The second kappa shape index (κ2) is 6.90. The summed E-state index contributed by atoms with van der Waals surface area (Å²) in [6.07, 6.45) is 4.11. The van der Waals surface area contributed by atoms with Crippen molar-refractivity contribution < 1.29 is 9.18 Å². The molecule has 0 N–H and O–H groups in total. The first-order valence-electron chi connectivity index (χ1n) is 6.81. The lowest BCUT2D eigenvalue weighted by Crippen LogP contribution is -2.36. The van der Waals surface area contributed by atoms with Gasteiger partial charge in [-0.25, -0.2) is 4.39 Å². The summed E-state index contributed by atoms with van der Waals surface area (Å²) in [4.78, 5) is 14.2. The van der Waals surface area contributed by atoms with Gasteiger partial charge in [0.25, 0.3) is 0 Å². The lowest BCUT2D eigenvalue weighted by molar-refractivity contribution is -0.131. The summed E-state index contributed by atoms with van der Waals surface area (Å²) in [6, 6.07) is 6.77. The van der Waals surface area contributed by atoms with Crippen LogP contribution in [0.4, 0.5) is 4.39 Å². The van der Waals surface area contributed by atoms with Gasteiger partial charge in [0.05, 0.1) is 6.42 Å². The fraction of sp³-hybridized carbons (Fsp3) is 0.533. The Hall–Kier alpha value is -1.09. The van der Waals surface area contributed by atoms with E-state index < -0.39 is 0 Å². The molecule has 1 fully saturated rings. The summed E-state index contributed by atoms with van der Waals surface area (Å²) in [5.41, 5.74) is 0.482. The highest BCUT2D eigenvalue weighted by atomic mass is 35.5. The Morgan fingerprint density at radius 3 is 2.95 bits per heavy atom. The third kappa shape index (κ3) is 3.69. The van der Waals surface area contributed by atoms with Crippen molar-refractivity contribution in [3.05, 3.63) is 35.6 Å². The van der Waals surface area contributed by atoms with E-state index in [0.29, 0.717) is 11.4 Å². The van der Waals surface area contributed by atoms with Gasteiger partial charge in [0.1, 0.15) is 5.82 Å². The average molecular weight is 284 g/mol.